The molecule has 7 atom stereocenters. The number of rotatable bonds is 6. The Morgan fingerprint density at radius 2 is 1.55 bits per heavy atom. The Kier molecular flexibility index (Phi) is 4.68. The van der Waals surface area contributed by atoms with Gasteiger partial charge in [0.05, 0.1) is 0 Å². The Hall–Kier alpha value is -2.39. The van der Waals surface area contributed by atoms with Crippen LogP contribution in [0.2, 0.25) is 0 Å². The molecule has 3 fully saturated rings. The van der Waals surface area contributed by atoms with E-state index >= 15 is 0 Å². The Balaban J connectivity index is 1.25. The van der Waals surface area contributed by atoms with E-state index in [1.54, 1.807) is 24.3 Å². The van der Waals surface area contributed by atoms with Gasteiger partial charge in [-0.25, -0.2) is 0 Å². The molecular weight excluding hydrogens is 435 g/mol. The second-order valence-electron chi connectivity index (χ2n) is 10.5. The van der Waals surface area contributed by atoms with Crippen LogP contribution in [0.5, 0.6) is 11.5 Å². The quantitative estimate of drug-likeness (QED) is 0.421. The first-order valence-corrected chi connectivity index (χ1v) is 13.5. The van der Waals surface area contributed by atoms with E-state index in [2.05, 4.69) is 20.8 Å². The minimum absolute atomic E-state index is 0.0474. The van der Waals surface area contributed by atoms with Crippen molar-refractivity contribution in [1.29, 1.82) is 0 Å². The average molecular weight is 467 g/mol. The zero-order chi connectivity index (χ0) is 22.8. The second-order valence-corrected chi connectivity index (χ2v) is 11.9. The van der Waals surface area contributed by atoms with Crippen LogP contribution in [0.4, 0.5) is 0 Å². The van der Waals surface area contributed by atoms with Gasteiger partial charge < -0.3 is 18.3 Å². The predicted octanol–water partition coefficient (Wildman–Crippen LogP) is 7.22. The van der Waals surface area contributed by atoms with Gasteiger partial charge >= 0.3 is 7.82 Å². The Morgan fingerprint density at radius 3 is 2.12 bits per heavy atom. The first-order chi connectivity index (χ1) is 15.9. The van der Waals surface area contributed by atoms with Gasteiger partial charge in [-0.05, 0) is 78.7 Å². The molecule has 3 saturated carbocycles. The fourth-order valence-corrected chi connectivity index (χ4v) is 8.98. The number of allylic oxidation sites excluding steroid dienone is 1. The van der Waals surface area contributed by atoms with Gasteiger partial charge in [0.1, 0.15) is 17.6 Å². The van der Waals surface area contributed by atoms with Gasteiger partial charge in [-0.1, -0.05) is 57.2 Å². The van der Waals surface area contributed by atoms with Crippen molar-refractivity contribution in [3.63, 3.8) is 0 Å². The molecule has 2 aromatic rings. The number of ether oxygens (including phenoxy) is 1. The molecule has 33 heavy (non-hydrogen) atoms. The highest BCUT2D eigenvalue weighted by Crippen LogP contribution is 2.85. The lowest BCUT2D eigenvalue weighted by Gasteiger charge is -2.60. The van der Waals surface area contributed by atoms with Crippen LogP contribution in [0.3, 0.4) is 0 Å². The molecule has 0 N–H and O–H groups in total. The Bertz CT molecular complexity index is 1070. The molecule has 174 valence electrons. The largest absolute Gasteiger partial charge is 0.649 e. The molecule has 0 amide bonds. The summed E-state index contributed by atoms with van der Waals surface area (Å²) >= 11 is 0. The van der Waals surface area contributed by atoms with Gasteiger partial charge in [0, 0.05) is 5.41 Å². The maximum atomic E-state index is 13.8. The smallest absolute Gasteiger partial charge is 0.461 e. The van der Waals surface area contributed by atoms with Crippen LogP contribution in [0.15, 0.2) is 72.7 Å². The van der Waals surface area contributed by atoms with E-state index in [1.165, 1.54) is 6.42 Å². The molecule has 6 rings (SSSR count). The van der Waals surface area contributed by atoms with Crippen LogP contribution >= 0.6 is 7.82 Å². The highest BCUT2D eigenvalue weighted by atomic mass is 31.2. The molecule has 0 aromatic heterocycles. The third-order valence-corrected chi connectivity index (χ3v) is 10.2. The van der Waals surface area contributed by atoms with Gasteiger partial charge in [-0.2, -0.15) is 4.57 Å². The summed E-state index contributed by atoms with van der Waals surface area (Å²) in [7, 11) is -4.03. The lowest BCUT2D eigenvalue weighted by molar-refractivity contribution is -0.176. The van der Waals surface area contributed by atoms with Gasteiger partial charge in [-0.3, -0.25) is 0 Å². The molecule has 1 spiro atoms. The van der Waals surface area contributed by atoms with Crippen LogP contribution in [-0.2, 0) is 13.8 Å². The highest BCUT2D eigenvalue weighted by molar-refractivity contribution is 7.49. The van der Waals surface area contributed by atoms with Gasteiger partial charge in [0.25, 0.3) is 5.95 Å². The van der Waals surface area contributed by atoms with Crippen LogP contribution in [0.1, 0.15) is 40.0 Å². The summed E-state index contributed by atoms with van der Waals surface area (Å²) in [4.78, 5) is 0. The van der Waals surface area contributed by atoms with Crippen LogP contribution in [0.25, 0.3) is 0 Å². The van der Waals surface area contributed by atoms with E-state index in [0.29, 0.717) is 22.8 Å². The number of benzene rings is 2. The topological polar surface area (TPSA) is 54.0 Å². The number of hydrogen-bond acceptors (Lipinski definition) is 5. The molecule has 0 bridgehead atoms. The first-order valence-electron chi connectivity index (χ1n) is 12.0. The molecule has 4 aliphatic rings. The van der Waals surface area contributed by atoms with E-state index in [0.717, 1.165) is 30.6 Å². The molecular formula is C27H31O5P. The number of phosphoric acid groups is 1. The summed E-state index contributed by atoms with van der Waals surface area (Å²) < 4.78 is 37.5. The summed E-state index contributed by atoms with van der Waals surface area (Å²) in [5, 5.41) is 0. The van der Waals surface area contributed by atoms with Gasteiger partial charge in [0.2, 0.25) is 0 Å². The molecule has 2 aromatic carbocycles. The van der Waals surface area contributed by atoms with Crippen molar-refractivity contribution in [2.75, 3.05) is 0 Å². The lowest BCUT2D eigenvalue weighted by atomic mass is 9.47. The fourth-order valence-electron chi connectivity index (χ4n) is 7.77. The molecule has 0 radical (unpaired) electrons. The lowest BCUT2D eigenvalue weighted by Crippen LogP contribution is -2.58. The Morgan fingerprint density at radius 1 is 0.939 bits per heavy atom. The predicted molar refractivity (Wildman–Crippen MR) is 125 cm³/mol. The average Bonchev–Trinajstić information content (AvgIpc) is 3.29. The molecule has 3 aliphatic carbocycles. The zero-order valence-electron chi connectivity index (χ0n) is 19.3. The first kappa shape index (κ1) is 21.2. The van der Waals surface area contributed by atoms with Crippen molar-refractivity contribution >= 4 is 7.82 Å². The Labute approximate surface area is 195 Å². The van der Waals surface area contributed by atoms with Crippen LogP contribution in [0, 0.1) is 34.5 Å². The summed E-state index contributed by atoms with van der Waals surface area (Å²) in [6.45, 7) is 7.21. The number of phosphoric ester groups is 1. The molecule has 6 heteroatoms. The maximum absolute atomic E-state index is 13.8. The monoisotopic (exact) mass is 466 g/mol. The summed E-state index contributed by atoms with van der Waals surface area (Å²) in [5.41, 5.74) is 0.610. The van der Waals surface area contributed by atoms with E-state index < -0.39 is 7.82 Å². The highest BCUT2D eigenvalue weighted by Gasteiger charge is 2.82. The SMILES string of the molecule is CC1C2C(C)[C@]23CCC2OC(OP(=O)(Oc4ccccc4)Oc4ccccc4)=CC[C@@]2(C)C13. The number of hydrogen-bond donors (Lipinski definition) is 0. The normalized spacial score (nSPS) is 38.3. The van der Waals surface area contributed by atoms with E-state index in [9.17, 15) is 4.57 Å². The molecule has 1 aliphatic heterocycles. The second kappa shape index (κ2) is 7.30. The van der Waals surface area contributed by atoms with Crippen molar-refractivity contribution in [3.05, 3.63) is 72.7 Å². The summed E-state index contributed by atoms with van der Waals surface area (Å²) in [6.07, 6.45) is 5.05. The minimum Gasteiger partial charge on any atom is -0.461 e. The maximum Gasteiger partial charge on any atom is 0.649 e. The number of para-hydroxylation sites is 2. The third kappa shape index (κ3) is 3.15. The van der Waals surface area contributed by atoms with Crippen molar-refractivity contribution in [2.45, 2.75) is 46.1 Å². The molecule has 0 saturated heterocycles. The van der Waals surface area contributed by atoms with Crippen molar-refractivity contribution in [1.82, 2.24) is 0 Å². The van der Waals surface area contributed by atoms with Crippen molar-refractivity contribution in [2.24, 2.45) is 34.5 Å². The van der Waals surface area contributed by atoms with Crippen molar-refractivity contribution < 1.29 is 22.9 Å². The zero-order valence-corrected chi connectivity index (χ0v) is 20.2. The third-order valence-electron chi connectivity index (χ3n) is 8.94. The molecule has 1 heterocycles. The molecule has 5 unspecified atom stereocenters. The fraction of sp³-hybridized carbons (Fsp3) is 0.481. The van der Waals surface area contributed by atoms with Crippen LogP contribution < -0.4 is 9.05 Å². The van der Waals surface area contributed by atoms with E-state index in [-0.39, 0.29) is 17.5 Å². The van der Waals surface area contributed by atoms with Gasteiger partial charge in [-0.15, -0.1) is 0 Å². The molecule has 5 nitrogen and oxygen atoms in total. The van der Waals surface area contributed by atoms with Crippen molar-refractivity contribution in [3.8, 4) is 11.5 Å². The van der Waals surface area contributed by atoms with E-state index in [1.807, 2.05) is 42.5 Å². The van der Waals surface area contributed by atoms with E-state index in [4.69, 9.17) is 18.3 Å². The van der Waals surface area contributed by atoms with Crippen LogP contribution in [-0.4, -0.2) is 6.10 Å². The summed E-state index contributed by atoms with van der Waals surface area (Å²) in [6, 6.07) is 17.9. The number of fused-ring (bicyclic) bond motifs is 2. The summed E-state index contributed by atoms with van der Waals surface area (Å²) in [5.74, 6) is 4.20. The van der Waals surface area contributed by atoms with Gasteiger partial charge in [0.15, 0.2) is 0 Å². The minimum atomic E-state index is -4.03. The standard InChI is InChI=1S/C27H31O5P/c1-18-24-19(2)27(24)17-14-22-26(3,25(18)27)16-15-23(29-22)32-33(28,30-20-10-6-4-7-11-20)31-21-12-8-5-9-13-21/h4-13,15,18-19,22,24-25H,14,16-17H2,1-3H3/t18?,19?,22?,24?,25?,26-,27-/m1/s1.